The van der Waals surface area contributed by atoms with E-state index in [1.54, 1.807) is 7.11 Å². The quantitative estimate of drug-likeness (QED) is 0.889. The van der Waals surface area contributed by atoms with Crippen molar-refractivity contribution in [3.63, 3.8) is 0 Å². The summed E-state index contributed by atoms with van der Waals surface area (Å²) in [6.45, 7) is 7.38. The van der Waals surface area contributed by atoms with Gasteiger partial charge in [0, 0.05) is 6.04 Å². The fraction of sp³-hybridized carbons (Fsp3) is 0.533. The van der Waals surface area contributed by atoms with Crippen LogP contribution in [-0.4, -0.2) is 24.8 Å². The molecule has 0 aliphatic rings. The number of benzene rings is 1. The first-order valence-corrected chi connectivity index (χ1v) is 6.64. The summed E-state index contributed by atoms with van der Waals surface area (Å²) >= 11 is 0. The standard InChI is InChI=1S/C15H24N2O3/c1-10(16)8-11-6-7-13(19-5)12(9-11)17-14(18)20-15(2,3)4/h6-7,9-10H,8,16H2,1-5H3,(H,17,18). The molecule has 0 aliphatic heterocycles. The molecule has 112 valence electrons. The third kappa shape index (κ3) is 5.48. The Morgan fingerprint density at radius 1 is 1.40 bits per heavy atom. The number of carbonyl (C=O) groups is 1. The van der Waals surface area contributed by atoms with Crippen molar-refractivity contribution in [2.75, 3.05) is 12.4 Å². The number of rotatable bonds is 4. The van der Waals surface area contributed by atoms with Gasteiger partial charge in [0.05, 0.1) is 12.8 Å². The van der Waals surface area contributed by atoms with Crippen LogP contribution in [0.5, 0.6) is 5.75 Å². The molecule has 0 heterocycles. The average molecular weight is 280 g/mol. The normalized spacial score (nSPS) is 12.7. The molecule has 1 aromatic carbocycles. The predicted molar refractivity (Wildman–Crippen MR) is 80.2 cm³/mol. The minimum Gasteiger partial charge on any atom is -0.495 e. The summed E-state index contributed by atoms with van der Waals surface area (Å²) in [5.41, 5.74) is 6.86. The third-order valence-electron chi connectivity index (χ3n) is 2.46. The van der Waals surface area contributed by atoms with Crippen molar-refractivity contribution < 1.29 is 14.3 Å². The first kappa shape index (κ1) is 16.3. The lowest BCUT2D eigenvalue weighted by atomic mass is 10.1. The molecule has 1 unspecified atom stereocenters. The van der Waals surface area contributed by atoms with Gasteiger partial charge in [-0.2, -0.15) is 0 Å². The number of nitrogens with one attached hydrogen (secondary N) is 1. The van der Waals surface area contributed by atoms with Crippen LogP contribution < -0.4 is 15.8 Å². The highest BCUT2D eigenvalue weighted by atomic mass is 16.6. The van der Waals surface area contributed by atoms with E-state index in [1.165, 1.54) is 0 Å². The van der Waals surface area contributed by atoms with E-state index in [1.807, 2.05) is 45.9 Å². The number of methoxy groups -OCH3 is 1. The molecule has 0 aromatic heterocycles. The summed E-state index contributed by atoms with van der Waals surface area (Å²) < 4.78 is 10.5. The van der Waals surface area contributed by atoms with E-state index in [4.69, 9.17) is 15.2 Å². The maximum atomic E-state index is 11.8. The smallest absolute Gasteiger partial charge is 0.412 e. The molecule has 5 nitrogen and oxygen atoms in total. The SMILES string of the molecule is COc1ccc(CC(C)N)cc1NC(=O)OC(C)(C)C. The number of carbonyl (C=O) groups excluding carboxylic acids is 1. The Hall–Kier alpha value is -1.75. The highest BCUT2D eigenvalue weighted by molar-refractivity contribution is 5.87. The van der Waals surface area contributed by atoms with Gasteiger partial charge in [0.25, 0.3) is 0 Å². The van der Waals surface area contributed by atoms with E-state index in [0.29, 0.717) is 11.4 Å². The van der Waals surface area contributed by atoms with Gasteiger partial charge in [0.1, 0.15) is 11.4 Å². The highest BCUT2D eigenvalue weighted by Gasteiger charge is 2.17. The van der Waals surface area contributed by atoms with Gasteiger partial charge in [-0.25, -0.2) is 4.79 Å². The van der Waals surface area contributed by atoms with Crippen molar-refractivity contribution in [3.05, 3.63) is 23.8 Å². The van der Waals surface area contributed by atoms with Crippen LogP contribution in [0, 0.1) is 0 Å². The second-order valence-corrected chi connectivity index (χ2v) is 5.84. The van der Waals surface area contributed by atoms with Crippen molar-refractivity contribution in [2.45, 2.75) is 45.8 Å². The van der Waals surface area contributed by atoms with Crippen molar-refractivity contribution in [2.24, 2.45) is 5.73 Å². The van der Waals surface area contributed by atoms with Gasteiger partial charge in [-0.3, -0.25) is 5.32 Å². The lowest BCUT2D eigenvalue weighted by molar-refractivity contribution is 0.0635. The van der Waals surface area contributed by atoms with E-state index in [2.05, 4.69) is 5.32 Å². The first-order valence-electron chi connectivity index (χ1n) is 6.64. The fourth-order valence-corrected chi connectivity index (χ4v) is 1.77. The van der Waals surface area contributed by atoms with Gasteiger partial charge in [-0.15, -0.1) is 0 Å². The maximum absolute atomic E-state index is 11.8. The third-order valence-corrected chi connectivity index (χ3v) is 2.46. The Morgan fingerprint density at radius 3 is 2.55 bits per heavy atom. The number of ether oxygens (including phenoxy) is 2. The number of hydrogen-bond donors (Lipinski definition) is 2. The van der Waals surface area contributed by atoms with Crippen LogP contribution in [-0.2, 0) is 11.2 Å². The molecule has 1 atom stereocenters. The van der Waals surface area contributed by atoms with E-state index in [0.717, 1.165) is 12.0 Å². The summed E-state index contributed by atoms with van der Waals surface area (Å²) in [7, 11) is 1.56. The van der Waals surface area contributed by atoms with Gasteiger partial charge in [-0.1, -0.05) is 6.07 Å². The molecule has 0 bridgehead atoms. The molecule has 20 heavy (non-hydrogen) atoms. The predicted octanol–water partition coefficient (Wildman–Crippen LogP) is 2.93. The molecule has 3 N–H and O–H groups in total. The molecule has 0 spiro atoms. The molecule has 0 radical (unpaired) electrons. The van der Waals surface area contributed by atoms with Crippen LogP contribution in [0.3, 0.4) is 0 Å². The second-order valence-electron chi connectivity index (χ2n) is 5.84. The number of amides is 1. The van der Waals surface area contributed by atoms with Gasteiger partial charge in [0.2, 0.25) is 0 Å². The summed E-state index contributed by atoms with van der Waals surface area (Å²) in [6.07, 6.45) is 0.223. The van der Waals surface area contributed by atoms with Crippen LogP contribution in [0.4, 0.5) is 10.5 Å². The molecular formula is C15H24N2O3. The number of nitrogens with two attached hydrogens (primary N) is 1. The fourth-order valence-electron chi connectivity index (χ4n) is 1.77. The van der Waals surface area contributed by atoms with E-state index >= 15 is 0 Å². The Morgan fingerprint density at radius 2 is 2.05 bits per heavy atom. The lowest BCUT2D eigenvalue weighted by Gasteiger charge is -2.20. The molecular weight excluding hydrogens is 256 g/mol. The van der Waals surface area contributed by atoms with Crippen LogP contribution >= 0.6 is 0 Å². The Labute approximate surface area is 120 Å². The van der Waals surface area contributed by atoms with Gasteiger partial charge >= 0.3 is 6.09 Å². The van der Waals surface area contributed by atoms with Crippen LogP contribution in [0.2, 0.25) is 0 Å². The van der Waals surface area contributed by atoms with Gasteiger partial charge in [0.15, 0.2) is 0 Å². The number of anilines is 1. The Balaban J connectivity index is 2.88. The zero-order valence-electron chi connectivity index (χ0n) is 12.8. The van der Waals surface area contributed by atoms with Crippen molar-refractivity contribution in [1.82, 2.24) is 0 Å². The minimum absolute atomic E-state index is 0.0535. The van der Waals surface area contributed by atoms with E-state index in [-0.39, 0.29) is 6.04 Å². The van der Waals surface area contributed by atoms with E-state index in [9.17, 15) is 4.79 Å². The Kier molecular flexibility index (Phi) is 5.39. The van der Waals surface area contributed by atoms with Crippen LogP contribution in [0.1, 0.15) is 33.3 Å². The van der Waals surface area contributed by atoms with Crippen molar-refractivity contribution >= 4 is 11.8 Å². The number of hydrogen-bond acceptors (Lipinski definition) is 4. The van der Waals surface area contributed by atoms with Crippen molar-refractivity contribution in [1.29, 1.82) is 0 Å². The molecule has 1 amide bonds. The molecule has 0 fully saturated rings. The summed E-state index contributed by atoms with van der Waals surface area (Å²) in [4.78, 5) is 11.8. The van der Waals surface area contributed by atoms with Gasteiger partial charge < -0.3 is 15.2 Å². The largest absolute Gasteiger partial charge is 0.495 e. The zero-order valence-corrected chi connectivity index (χ0v) is 12.8. The molecule has 0 saturated carbocycles. The summed E-state index contributed by atoms with van der Waals surface area (Å²) in [6, 6.07) is 5.65. The molecule has 5 heteroatoms. The Bertz CT molecular complexity index is 465. The topological polar surface area (TPSA) is 73.6 Å². The highest BCUT2D eigenvalue weighted by Crippen LogP contribution is 2.26. The molecule has 0 aliphatic carbocycles. The molecule has 1 rings (SSSR count). The monoisotopic (exact) mass is 280 g/mol. The van der Waals surface area contributed by atoms with Crippen LogP contribution in [0.15, 0.2) is 18.2 Å². The minimum atomic E-state index is -0.541. The maximum Gasteiger partial charge on any atom is 0.412 e. The summed E-state index contributed by atoms with van der Waals surface area (Å²) in [5, 5.41) is 2.70. The first-order chi connectivity index (χ1) is 9.21. The lowest BCUT2D eigenvalue weighted by Crippen LogP contribution is -2.27. The van der Waals surface area contributed by atoms with Crippen LogP contribution in [0.25, 0.3) is 0 Å². The van der Waals surface area contributed by atoms with Crippen molar-refractivity contribution in [3.8, 4) is 5.75 Å². The average Bonchev–Trinajstić information content (AvgIpc) is 2.25. The van der Waals surface area contributed by atoms with E-state index < -0.39 is 11.7 Å². The molecule has 0 saturated heterocycles. The van der Waals surface area contributed by atoms with Gasteiger partial charge in [-0.05, 0) is 51.8 Å². The second kappa shape index (κ2) is 6.61. The zero-order chi connectivity index (χ0) is 15.3. The summed E-state index contributed by atoms with van der Waals surface area (Å²) in [5.74, 6) is 0.587. The molecule has 1 aromatic rings.